The van der Waals surface area contributed by atoms with Gasteiger partial charge in [0.1, 0.15) is 5.15 Å². The van der Waals surface area contributed by atoms with Gasteiger partial charge in [0.15, 0.2) is 0 Å². The fourth-order valence-corrected chi connectivity index (χ4v) is 2.61. The van der Waals surface area contributed by atoms with Crippen molar-refractivity contribution in [2.75, 3.05) is 13.6 Å². The molecule has 1 aromatic heterocycles. The van der Waals surface area contributed by atoms with E-state index in [9.17, 15) is 4.79 Å². The average Bonchev–Trinajstić information content (AvgIpc) is 2.81. The predicted octanol–water partition coefficient (Wildman–Crippen LogP) is 3.00. The molecule has 1 aromatic rings. The summed E-state index contributed by atoms with van der Waals surface area (Å²) < 4.78 is 0. The maximum atomic E-state index is 12.2. The second-order valence-electron chi connectivity index (χ2n) is 4.68. The Bertz CT molecular complexity index is 402. The first kappa shape index (κ1) is 12.4. The number of amides is 1. The molecule has 1 amide bonds. The number of halogens is 1. The second kappa shape index (κ2) is 5.50. The van der Waals surface area contributed by atoms with E-state index < -0.39 is 0 Å². The Kier molecular flexibility index (Phi) is 4.00. The van der Waals surface area contributed by atoms with Gasteiger partial charge >= 0.3 is 0 Å². The number of nitrogens with zero attached hydrogens (tertiary/aromatic N) is 2. The van der Waals surface area contributed by atoms with Gasteiger partial charge in [-0.05, 0) is 30.9 Å². The van der Waals surface area contributed by atoms with Crippen LogP contribution in [-0.2, 0) is 0 Å². The molecule has 0 aliphatic heterocycles. The standard InChI is InChI=1S/C13H17ClN2O/c1-16(9-10-5-2-3-6-10)13(17)11-7-4-8-15-12(11)14/h4,7-8,10H,2-3,5-6,9H2,1H3. The van der Waals surface area contributed by atoms with Crippen LogP contribution in [0.2, 0.25) is 5.15 Å². The summed E-state index contributed by atoms with van der Waals surface area (Å²) in [5.41, 5.74) is 0.495. The third kappa shape index (κ3) is 2.97. The molecular weight excluding hydrogens is 236 g/mol. The second-order valence-corrected chi connectivity index (χ2v) is 5.04. The first-order valence-electron chi connectivity index (χ1n) is 6.04. The Morgan fingerprint density at radius 3 is 2.88 bits per heavy atom. The van der Waals surface area contributed by atoms with Gasteiger partial charge in [-0.1, -0.05) is 24.4 Å². The number of hydrogen-bond acceptors (Lipinski definition) is 2. The summed E-state index contributed by atoms with van der Waals surface area (Å²) in [7, 11) is 1.84. The van der Waals surface area contributed by atoms with Gasteiger partial charge in [-0.3, -0.25) is 4.79 Å². The fourth-order valence-electron chi connectivity index (χ4n) is 2.41. The van der Waals surface area contributed by atoms with E-state index in [2.05, 4.69) is 4.98 Å². The molecule has 0 atom stereocenters. The highest BCUT2D eigenvalue weighted by molar-refractivity contribution is 6.32. The molecule has 17 heavy (non-hydrogen) atoms. The Balaban J connectivity index is 2.01. The summed E-state index contributed by atoms with van der Waals surface area (Å²) in [5.74, 6) is 0.620. The van der Waals surface area contributed by atoms with Gasteiger partial charge < -0.3 is 4.90 Å². The normalized spacial score (nSPS) is 16.1. The molecule has 0 spiro atoms. The summed E-state index contributed by atoms with van der Waals surface area (Å²) >= 11 is 5.92. The van der Waals surface area contributed by atoms with Crippen LogP contribution in [0.4, 0.5) is 0 Å². The van der Waals surface area contributed by atoms with Crippen LogP contribution in [-0.4, -0.2) is 29.4 Å². The van der Waals surface area contributed by atoms with Crippen molar-refractivity contribution in [1.29, 1.82) is 0 Å². The lowest BCUT2D eigenvalue weighted by molar-refractivity contribution is 0.0773. The van der Waals surface area contributed by atoms with E-state index >= 15 is 0 Å². The Morgan fingerprint density at radius 1 is 1.53 bits per heavy atom. The molecule has 1 aliphatic rings. The molecule has 0 bridgehead atoms. The Labute approximate surface area is 107 Å². The molecule has 0 saturated heterocycles. The number of pyridine rings is 1. The van der Waals surface area contributed by atoms with Gasteiger partial charge in [0.2, 0.25) is 0 Å². The van der Waals surface area contributed by atoms with Gasteiger partial charge in [0.25, 0.3) is 5.91 Å². The molecule has 1 saturated carbocycles. The lowest BCUT2D eigenvalue weighted by atomic mass is 10.1. The molecule has 1 heterocycles. The van der Waals surface area contributed by atoms with Gasteiger partial charge in [0, 0.05) is 19.8 Å². The quantitative estimate of drug-likeness (QED) is 0.775. The van der Waals surface area contributed by atoms with Gasteiger partial charge in [-0.25, -0.2) is 4.98 Å². The van der Waals surface area contributed by atoms with Crippen LogP contribution >= 0.6 is 11.6 Å². The zero-order valence-corrected chi connectivity index (χ0v) is 10.8. The van der Waals surface area contributed by atoms with E-state index in [0.717, 1.165) is 6.54 Å². The lowest BCUT2D eigenvalue weighted by Gasteiger charge is -2.21. The molecule has 2 rings (SSSR count). The summed E-state index contributed by atoms with van der Waals surface area (Å²) in [4.78, 5) is 17.8. The molecule has 1 aliphatic carbocycles. The third-order valence-corrected chi connectivity index (χ3v) is 3.64. The summed E-state index contributed by atoms with van der Waals surface area (Å²) in [6, 6.07) is 3.46. The summed E-state index contributed by atoms with van der Waals surface area (Å²) in [6.07, 6.45) is 6.65. The zero-order valence-electron chi connectivity index (χ0n) is 10.0. The van der Waals surface area contributed by atoms with E-state index in [1.54, 1.807) is 23.2 Å². The van der Waals surface area contributed by atoms with Crippen LogP contribution in [0.5, 0.6) is 0 Å². The molecular formula is C13H17ClN2O. The van der Waals surface area contributed by atoms with Crippen molar-refractivity contribution < 1.29 is 4.79 Å². The van der Waals surface area contributed by atoms with Crippen LogP contribution in [0.3, 0.4) is 0 Å². The van der Waals surface area contributed by atoms with Crippen molar-refractivity contribution in [2.45, 2.75) is 25.7 Å². The summed E-state index contributed by atoms with van der Waals surface area (Å²) in [6.45, 7) is 0.823. The minimum Gasteiger partial charge on any atom is -0.341 e. The molecule has 4 heteroatoms. The minimum atomic E-state index is -0.0324. The van der Waals surface area contributed by atoms with Crippen LogP contribution in [0.25, 0.3) is 0 Å². The zero-order chi connectivity index (χ0) is 12.3. The highest BCUT2D eigenvalue weighted by Crippen LogP contribution is 2.25. The fraction of sp³-hybridized carbons (Fsp3) is 0.538. The van der Waals surface area contributed by atoms with E-state index in [1.807, 2.05) is 7.05 Å². The number of hydrogen-bond donors (Lipinski definition) is 0. The van der Waals surface area contributed by atoms with Crippen LogP contribution in [0.1, 0.15) is 36.0 Å². The predicted molar refractivity (Wildman–Crippen MR) is 68.2 cm³/mol. The first-order valence-corrected chi connectivity index (χ1v) is 6.42. The van der Waals surface area contributed by atoms with Crippen molar-refractivity contribution in [3.8, 4) is 0 Å². The minimum absolute atomic E-state index is 0.0324. The largest absolute Gasteiger partial charge is 0.341 e. The maximum Gasteiger partial charge on any atom is 0.256 e. The Hall–Kier alpha value is -1.09. The topological polar surface area (TPSA) is 33.2 Å². The van der Waals surface area contributed by atoms with Crippen LogP contribution in [0.15, 0.2) is 18.3 Å². The van der Waals surface area contributed by atoms with E-state index in [-0.39, 0.29) is 11.1 Å². The van der Waals surface area contributed by atoms with Crippen molar-refractivity contribution in [2.24, 2.45) is 5.92 Å². The molecule has 92 valence electrons. The number of carbonyl (C=O) groups is 1. The monoisotopic (exact) mass is 252 g/mol. The number of carbonyl (C=O) groups excluding carboxylic acids is 1. The SMILES string of the molecule is CN(CC1CCCC1)C(=O)c1cccnc1Cl. The molecule has 0 N–H and O–H groups in total. The van der Waals surface area contributed by atoms with Gasteiger partial charge in [0.05, 0.1) is 5.56 Å². The highest BCUT2D eigenvalue weighted by atomic mass is 35.5. The van der Waals surface area contributed by atoms with Crippen LogP contribution in [0, 0.1) is 5.92 Å². The molecule has 3 nitrogen and oxygen atoms in total. The third-order valence-electron chi connectivity index (χ3n) is 3.34. The smallest absolute Gasteiger partial charge is 0.256 e. The number of rotatable bonds is 3. The van der Waals surface area contributed by atoms with E-state index in [0.29, 0.717) is 11.5 Å². The summed E-state index contributed by atoms with van der Waals surface area (Å²) in [5, 5.41) is 0.288. The van der Waals surface area contributed by atoms with Gasteiger partial charge in [-0.15, -0.1) is 0 Å². The average molecular weight is 253 g/mol. The molecule has 1 fully saturated rings. The van der Waals surface area contributed by atoms with Crippen molar-refractivity contribution in [3.05, 3.63) is 29.0 Å². The Morgan fingerprint density at radius 2 is 2.24 bits per heavy atom. The molecule has 0 radical (unpaired) electrons. The van der Waals surface area contributed by atoms with Crippen molar-refractivity contribution in [3.63, 3.8) is 0 Å². The van der Waals surface area contributed by atoms with Crippen LogP contribution < -0.4 is 0 Å². The molecule has 0 aromatic carbocycles. The highest BCUT2D eigenvalue weighted by Gasteiger charge is 2.21. The van der Waals surface area contributed by atoms with E-state index in [1.165, 1.54) is 25.7 Å². The number of aromatic nitrogens is 1. The molecule has 0 unspecified atom stereocenters. The lowest BCUT2D eigenvalue weighted by Crippen LogP contribution is -2.31. The van der Waals surface area contributed by atoms with Crippen molar-refractivity contribution in [1.82, 2.24) is 9.88 Å². The first-order chi connectivity index (χ1) is 8.18. The van der Waals surface area contributed by atoms with Gasteiger partial charge in [-0.2, -0.15) is 0 Å². The maximum absolute atomic E-state index is 12.2. The van der Waals surface area contributed by atoms with Crippen molar-refractivity contribution >= 4 is 17.5 Å². The van der Waals surface area contributed by atoms with E-state index in [4.69, 9.17) is 11.6 Å².